The summed E-state index contributed by atoms with van der Waals surface area (Å²) >= 11 is 0. The molecule has 3 aliphatic rings. The van der Waals surface area contributed by atoms with Crippen LogP contribution in [0.4, 0.5) is 0 Å². The van der Waals surface area contributed by atoms with Crippen molar-refractivity contribution in [1.29, 1.82) is 0 Å². The molecule has 178 valence electrons. The highest BCUT2D eigenvalue weighted by atomic mass is 16.7. The summed E-state index contributed by atoms with van der Waals surface area (Å²) in [5, 5.41) is 10.6. The highest BCUT2D eigenvalue weighted by Gasteiger charge is 2.32. The Kier molecular flexibility index (Phi) is 5.64. The molecule has 1 saturated heterocycles. The fourth-order valence-corrected chi connectivity index (χ4v) is 4.77. The summed E-state index contributed by atoms with van der Waals surface area (Å²) < 4.78 is 16.8. The fraction of sp³-hybridized carbons (Fsp3) is 0.250. The van der Waals surface area contributed by atoms with E-state index < -0.39 is 0 Å². The van der Waals surface area contributed by atoms with Gasteiger partial charge < -0.3 is 19.3 Å². The minimum Gasteiger partial charge on any atom is -0.507 e. The van der Waals surface area contributed by atoms with Gasteiger partial charge >= 0.3 is 0 Å². The summed E-state index contributed by atoms with van der Waals surface area (Å²) in [6, 6.07) is 19.2. The number of phenols is 1. The van der Waals surface area contributed by atoms with Gasteiger partial charge in [-0.15, -0.1) is 0 Å². The SMILES string of the molecule is O=C1/C(=C/c2ccc3c(c2)OCO3)Oc2c1ccc(O)c2CN1CCN(Cc2ccccc2)CC1. The van der Waals surface area contributed by atoms with Crippen LogP contribution in [0.15, 0.2) is 66.4 Å². The Morgan fingerprint density at radius 1 is 0.857 bits per heavy atom. The second-order valence-electron chi connectivity index (χ2n) is 9.03. The summed E-state index contributed by atoms with van der Waals surface area (Å²) in [6.07, 6.45) is 1.70. The van der Waals surface area contributed by atoms with Crippen LogP contribution in [0, 0.1) is 0 Å². The molecule has 6 rings (SSSR count). The van der Waals surface area contributed by atoms with Crippen molar-refractivity contribution in [3.05, 3.63) is 88.7 Å². The van der Waals surface area contributed by atoms with Gasteiger partial charge in [0, 0.05) is 39.3 Å². The molecule has 0 radical (unpaired) electrons. The van der Waals surface area contributed by atoms with Crippen molar-refractivity contribution in [2.75, 3.05) is 33.0 Å². The summed E-state index contributed by atoms with van der Waals surface area (Å²) in [7, 11) is 0. The predicted octanol–water partition coefficient (Wildman–Crippen LogP) is 4.05. The molecule has 3 aliphatic heterocycles. The summed E-state index contributed by atoms with van der Waals surface area (Å²) in [6.45, 7) is 5.30. The van der Waals surface area contributed by atoms with Crippen molar-refractivity contribution in [2.45, 2.75) is 13.1 Å². The summed E-state index contributed by atoms with van der Waals surface area (Å²) in [4.78, 5) is 17.8. The average Bonchev–Trinajstić information content (AvgIpc) is 3.47. The van der Waals surface area contributed by atoms with E-state index in [2.05, 4.69) is 34.1 Å². The third kappa shape index (κ3) is 4.36. The first-order chi connectivity index (χ1) is 17.1. The molecule has 0 aromatic heterocycles. The number of hydrogen-bond acceptors (Lipinski definition) is 7. The van der Waals surface area contributed by atoms with Crippen molar-refractivity contribution < 1.29 is 24.1 Å². The molecule has 0 saturated carbocycles. The number of fused-ring (bicyclic) bond motifs is 2. The molecule has 0 bridgehead atoms. The number of carbonyl (C=O) groups excluding carboxylic acids is 1. The van der Waals surface area contributed by atoms with Crippen LogP contribution in [0.1, 0.15) is 27.0 Å². The van der Waals surface area contributed by atoms with Gasteiger partial charge in [0.2, 0.25) is 12.6 Å². The van der Waals surface area contributed by atoms with Crippen molar-refractivity contribution in [3.8, 4) is 23.0 Å². The Morgan fingerprint density at radius 2 is 1.60 bits per heavy atom. The average molecular weight is 471 g/mol. The van der Waals surface area contributed by atoms with Gasteiger partial charge in [-0.2, -0.15) is 0 Å². The first kappa shape index (κ1) is 21.7. The van der Waals surface area contributed by atoms with Crippen LogP contribution in [-0.4, -0.2) is 53.7 Å². The maximum absolute atomic E-state index is 13.1. The number of aromatic hydroxyl groups is 1. The van der Waals surface area contributed by atoms with Gasteiger partial charge in [-0.3, -0.25) is 14.6 Å². The Bertz CT molecular complexity index is 1300. The fourth-order valence-electron chi connectivity index (χ4n) is 4.77. The number of Topliss-reactive ketones (excluding diaryl/α,β-unsaturated/α-hetero) is 1. The number of carbonyl (C=O) groups is 1. The van der Waals surface area contributed by atoms with E-state index in [1.807, 2.05) is 24.3 Å². The summed E-state index contributed by atoms with van der Waals surface area (Å²) in [5.41, 5.74) is 3.23. The standard InChI is InChI=1S/C28H26N2O5/c31-23-8-7-21-27(32)26(15-20-6-9-24-25(14-20)34-18-33-24)35-28(21)22(23)17-30-12-10-29(11-13-30)16-19-4-2-1-3-5-19/h1-9,14-15,31H,10-13,16-18H2/b26-15-. The minimum atomic E-state index is -0.188. The van der Waals surface area contributed by atoms with Crippen LogP contribution >= 0.6 is 0 Å². The molecule has 35 heavy (non-hydrogen) atoms. The van der Waals surface area contributed by atoms with Crippen LogP contribution in [0.25, 0.3) is 6.08 Å². The second kappa shape index (κ2) is 9.09. The number of phenolic OH excluding ortho intramolecular Hbond substituents is 1. The molecule has 1 fully saturated rings. The molecule has 3 heterocycles. The third-order valence-corrected chi connectivity index (χ3v) is 6.71. The van der Waals surface area contributed by atoms with E-state index in [1.165, 1.54) is 5.56 Å². The summed E-state index contributed by atoms with van der Waals surface area (Å²) in [5.74, 6) is 1.98. The second-order valence-corrected chi connectivity index (χ2v) is 9.03. The van der Waals surface area contributed by atoms with Gasteiger partial charge in [0.05, 0.1) is 11.1 Å². The highest BCUT2D eigenvalue weighted by Crippen LogP contribution is 2.41. The van der Waals surface area contributed by atoms with Crippen molar-refractivity contribution in [3.63, 3.8) is 0 Å². The first-order valence-corrected chi connectivity index (χ1v) is 11.8. The van der Waals surface area contributed by atoms with E-state index in [9.17, 15) is 9.90 Å². The molecule has 3 aromatic carbocycles. The first-order valence-electron chi connectivity index (χ1n) is 11.8. The zero-order chi connectivity index (χ0) is 23.8. The lowest BCUT2D eigenvalue weighted by Gasteiger charge is -2.35. The molecular formula is C28H26N2O5. The van der Waals surface area contributed by atoms with Gasteiger partial charge in [0.25, 0.3) is 0 Å². The highest BCUT2D eigenvalue weighted by molar-refractivity contribution is 6.15. The molecule has 0 aliphatic carbocycles. The lowest BCUT2D eigenvalue weighted by Crippen LogP contribution is -2.45. The van der Waals surface area contributed by atoms with Crippen LogP contribution in [0.2, 0.25) is 0 Å². The topological polar surface area (TPSA) is 71.5 Å². The maximum Gasteiger partial charge on any atom is 0.231 e. The van der Waals surface area contributed by atoms with Crippen molar-refractivity contribution >= 4 is 11.9 Å². The largest absolute Gasteiger partial charge is 0.507 e. The third-order valence-electron chi connectivity index (χ3n) is 6.71. The van der Waals surface area contributed by atoms with Gasteiger partial charge in [0.1, 0.15) is 11.5 Å². The smallest absolute Gasteiger partial charge is 0.231 e. The quantitative estimate of drug-likeness (QED) is 0.564. The van der Waals surface area contributed by atoms with Gasteiger partial charge in [-0.1, -0.05) is 36.4 Å². The Morgan fingerprint density at radius 3 is 2.40 bits per heavy atom. The van der Waals surface area contributed by atoms with E-state index in [0.717, 1.165) is 38.3 Å². The van der Waals surface area contributed by atoms with Gasteiger partial charge in [-0.25, -0.2) is 0 Å². The van der Waals surface area contributed by atoms with Gasteiger partial charge in [-0.05, 0) is 41.5 Å². The van der Waals surface area contributed by atoms with Crippen LogP contribution in [0.5, 0.6) is 23.0 Å². The van der Waals surface area contributed by atoms with E-state index in [1.54, 1.807) is 18.2 Å². The number of nitrogens with zero attached hydrogens (tertiary/aromatic N) is 2. The normalized spacial score (nSPS) is 18.6. The van der Waals surface area contributed by atoms with E-state index in [0.29, 0.717) is 34.9 Å². The Balaban J connectivity index is 1.16. The number of ether oxygens (including phenoxy) is 3. The molecular weight excluding hydrogens is 444 g/mol. The predicted molar refractivity (Wildman–Crippen MR) is 131 cm³/mol. The zero-order valence-electron chi connectivity index (χ0n) is 19.3. The Labute approximate surface area is 203 Å². The number of benzene rings is 3. The molecule has 0 atom stereocenters. The zero-order valence-corrected chi connectivity index (χ0v) is 19.3. The van der Waals surface area contributed by atoms with Crippen molar-refractivity contribution in [1.82, 2.24) is 9.80 Å². The van der Waals surface area contributed by atoms with E-state index >= 15 is 0 Å². The van der Waals surface area contributed by atoms with Crippen molar-refractivity contribution in [2.24, 2.45) is 0 Å². The molecule has 3 aromatic rings. The molecule has 7 heteroatoms. The lowest BCUT2D eigenvalue weighted by atomic mass is 10.0. The molecule has 1 N–H and O–H groups in total. The Hall–Kier alpha value is -3.81. The number of piperazine rings is 1. The molecule has 0 amide bonds. The number of ketones is 1. The molecule has 7 nitrogen and oxygen atoms in total. The number of rotatable bonds is 5. The van der Waals surface area contributed by atoms with Crippen LogP contribution in [0.3, 0.4) is 0 Å². The minimum absolute atomic E-state index is 0.146. The number of hydrogen-bond donors (Lipinski definition) is 1. The number of allylic oxidation sites excluding steroid dienone is 1. The molecule has 0 spiro atoms. The monoisotopic (exact) mass is 470 g/mol. The van der Waals surface area contributed by atoms with Crippen LogP contribution in [-0.2, 0) is 13.1 Å². The van der Waals surface area contributed by atoms with Crippen LogP contribution < -0.4 is 14.2 Å². The maximum atomic E-state index is 13.1. The van der Waals surface area contributed by atoms with E-state index in [-0.39, 0.29) is 24.1 Å². The molecule has 0 unspecified atom stereocenters. The van der Waals surface area contributed by atoms with E-state index in [4.69, 9.17) is 14.2 Å². The lowest BCUT2D eigenvalue weighted by molar-refractivity contribution is 0.101. The van der Waals surface area contributed by atoms with Gasteiger partial charge in [0.15, 0.2) is 17.3 Å².